The average molecular weight is 259 g/mol. The Bertz CT molecular complexity index is 460. The summed E-state index contributed by atoms with van der Waals surface area (Å²) in [6, 6.07) is 11.0. The van der Waals surface area contributed by atoms with Gasteiger partial charge in [0.1, 0.15) is 6.17 Å². The molecule has 102 valence electrons. The molecule has 3 rings (SSSR count). The summed E-state index contributed by atoms with van der Waals surface area (Å²) < 4.78 is 0. The van der Waals surface area contributed by atoms with Crippen molar-refractivity contribution in [1.29, 1.82) is 0 Å². The molecule has 1 aromatic rings. The zero-order valence-corrected chi connectivity index (χ0v) is 11.6. The van der Waals surface area contributed by atoms with Crippen LogP contribution in [0.3, 0.4) is 0 Å². The number of hydrogen-bond acceptors (Lipinski definition) is 2. The minimum Gasteiger partial charge on any atom is -0.331 e. The molecule has 2 aliphatic rings. The fourth-order valence-corrected chi connectivity index (χ4v) is 3.32. The molecule has 0 spiro atoms. The maximum Gasteiger partial charge on any atom is 0.321 e. The quantitative estimate of drug-likeness (QED) is 0.772. The molecule has 2 unspecified atom stereocenters. The first-order chi connectivity index (χ1) is 9.18. The lowest BCUT2D eigenvalue weighted by Crippen LogP contribution is -2.41. The summed E-state index contributed by atoms with van der Waals surface area (Å²) in [4.78, 5) is 18.6. The summed E-state index contributed by atoms with van der Waals surface area (Å²) in [6.07, 6.45) is 2.57. The Morgan fingerprint density at radius 1 is 1.26 bits per heavy atom. The minimum absolute atomic E-state index is 0.114. The molecule has 4 nitrogen and oxygen atoms in total. The van der Waals surface area contributed by atoms with Gasteiger partial charge in [-0.25, -0.2) is 4.79 Å². The molecule has 2 heterocycles. The molecule has 2 amide bonds. The van der Waals surface area contributed by atoms with Crippen LogP contribution in [0.25, 0.3) is 0 Å². The Balaban J connectivity index is 1.93. The number of benzene rings is 1. The van der Waals surface area contributed by atoms with Gasteiger partial charge in [0.25, 0.3) is 0 Å². The molecule has 0 radical (unpaired) electrons. The van der Waals surface area contributed by atoms with Crippen LogP contribution in [0, 0.1) is 0 Å². The zero-order chi connectivity index (χ0) is 13.4. The highest BCUT2D eigenvalue weighted by atomic mass is 16.2. The third-order valence-corrected chi connectivity index (χ3v) is 4.17. The lowest BCUT2D eigenvalue weighted by atomic mass is 10.1. The van der Waals surface area contributed by atoms with E-state index in [1.807, 2.05) is 25.1 Å². The van der Waals surface area contributed by atoms with E-state index in [9.17, 15) is 4.79 Å². The van der Waals surface area contributed by atoms with Crippen LogP contribution in [-0.2, 0) is 0 Å². The van der Waals surface area contributed by atoms with Gasteiger partial charge < -0.3 is 9.80 Å². The van der Waals surface area contributed by atoms with Crippen molar-refractivity contribution < 1.29 is 4.79 Å². The number of rotatable bonds is 1. The van der Waals surface area contributed by atoms with E-state index < -0.39 is 0 Å². The number of hydrogen-bond donors (Lipinski definition) is 0. The monoisotopic (exact) mass is 259 g/mol. The number of nitrogens with zero attached hydrogens (tertiary/aromatic N) is 3. The number of fused-ring (bicyclic) bond motifs is 1. The largest absolute Gasteiger partial charge is 0.331 e. The van der Waals surface area contributed by atoms with Crippen molar-refractivity contribution in [2.45, 2.75) is 25.0 Å². The molecule has 2 atom stereocenters. The summed E-state index contributed by atoms with van der Waals surface area (Å²) in [6.45, 7) is 1.96. The van der Waals surface area contributed by atoms with Crippen LogP contribution in [-0.4, -0.2) is 54.0 Å². The van der Waals surface area contributed by atoms with Crippen molar-refractivity contribution in [3.8, 4) is 0 Å². The summed E-state index contributed by atoms with van der Waals surface area (Å²) in [5.41, 5.74) is 1.22. The number of amides is 2. The van der Waals surface area contributed by atoms with E-state index in [-0.39, 0.29) is 12.2 Å². The topological polar surface area (TPSA) is 26.8 Å². The summed E-state index contributed by atoms with van der Waals surface area (Å²) >= 11 is 0. The van der Waals surface area contributed by atoms with Gasteiger partial charge in [0.15, 0.2) is 0 Å². The van der Waals surface area contributed by atoms with E-state index in [0.29, 0.717) is 6.04 Å². The van der Waals surface area contributed by atoms with Gasteiger partial charge in [-0.2, -0.15) is 0 Å². The summed E-state index contributed by atoms with van der Waals surface area (Å²) in [5, 5.41) is 0. The molecule has 0 bridgehead atoms. The van der Waals surface area contributed by atoms with Crippen LogP contribution < -0.4 is 0 Å². The first kappa shape index (κ1) is 12.5. The minimum atomic E-state index is 0.114. The van der Waals surface area contributed by atoms with Gasteiger partial charge in [-0.1, -0.05) is 30.3 Å². The molecule has 2 aliphatic heterocycles. The smallest absolute Gasteiger partial charge is 0.321 e. The van der Waals surface area contributed by atoms with Gasteiger partial charge >= 0.3 is 6.03 Å². The van der Waals surface area contributed by atoms with Crippen molar-refractivity contribution >= 4 is 6.03 Å². The van der Waals surface area contributed by atoms with Crippen LogP contribution in [0.1, 0.15) is 24.6 Å². The summed E-state index contributed by atoms with van der Waals surface area (Å²) in [7, 11) is 3.65. The molecular weight excluding hydrogens is 238 g/mol. The average Bonchev–Trinajstić information content (AvgIpc) is 2.98. The fraction of sp³-hybridized carbons (Fsp3) is 0.533. The van der Waals surface area contributed by atoms with Gasteiger partial charge in [0.2, 0.25) is 0 Å². The number of urea groups is 1. The van der Waals surface area contributed by atoms with Crippen molar-refractivity contribution in [3.05, 3.63) is 35.9 Å². The lowest BCUT2D eigenvalue weighted by molar-refractivity contribution is 0.128. The first-order valence-electron chi connectivity index (χ1n) is 6.97. The van der Waals surface area contributed by atoms with E-state index >= 15 is 0 Å². The maximum atomic E-state index is 12.4. The van der Waals surface area contributed by atoms with E-state index in [1.54, 1.807) is 4.90 Å². The molecule has 1 aromatic carbocycles. The highest BCUT2D eigenvalue weighted by molar-refractivity contribution is 5.74. The number of carbonyl (C=O) groups is 1. The molecule has 0 N–H and O–H groups in total. The van der Waals surface area contributed by atoms with Crippen molar-refractivity contribution in [3.63, 3.8) is 0 Å². The maximum absolute atomic E-state index is 12.4. The predicted octanol–water partition coefficient (Wildman–Crippen LogP) is 2.15. The molecule has 2 saturated heterocycles. The third kappa shape index (κ3) is 2.10. The normalized spacial score (nSPS) is 26.5. The van der Waals surface area contributed by atoms with Gasteiger partial charge in [0, 0.05) is 33.2 Å². The van der Waals surface area contributed by atoms with Gasteiger partial charge in [0.05, 0.1) is 0 Å². The second-order valence-electron chi connectivity index (χ2n) is 5.65. The second-order valence-corrected chi connectivity index (χ2v) is 5.65. The Morgan fingerprint density at radius 2 is 2.00 bits per heavy atom. The molecule has 0 saturated carbocycles. The predicted molar refractivity (Wildman–Crippen MR) is 74.7 cm³/mol. The van der Waals surface area contributed by atoms with Crippen molar-refractivity contribution in [2.24, 2.45) is 0 Å². The summed E-state index contributed by atoms with van der Waals surface area (Å²) in [5.74, 6) is 0. The van der Waals surface area contributed by atoms with E-state index in [2.05, 4.69) is 29.2 Å². The Hall–Kier alpha value is -1.55. The van der Waals surface area contributed by atoms with E-state index in [0.717, 1.165) is 13.1 Å². The van der Waals surface area contributed by atoms with Crippen molar-refractivity contribution in [1.82, 2.24) is 14.7 Å². The van der Waals surface area contributed by atoms with Gasteiger partial charge in [-0.05, 0) is 18.4 Å². The lowest BCUT2D eigenvalue weighted by Gasteiger charge is -2.31. The zero-order valence-electron chi connectivity index (χ0n) is 11.6. The highest BCUT2D eigenvalue weighted by Crippen LogP contribution is 2.38. The van der Waals surface area contributed by atoms with Crippen LogP contribution in [0.15, 0.2) is 30.3 Å². The number of carbonyl (C=O) groups excluding carboxylic acids is 1. The van der Waals surface area contributed by atoms with Crippen LogP contribution >= 0.6 is 0 Å². The molecule has 4 heteroatoms. The van der Waals surface area contributed by atoms with E-state index in [1.165, 1.54) is 18.4 Å². The van der Waals surface area contributed by atoms with Gasteiger partial charge in [-0.15, -0.1) is 0 Å². The van der Waals surface area contributed by atoms with Crippen molar-refractivity contribution in [2.75, 3.05) is 27.2 Å². The highest BCUT2D eigenvalue weighted by Gasteiger charge is 2.44. The fourth-order valence-electron chi connectivity index (χ4n) is 3.32. The Kier molecular flexibility index (Phi) is 3.19. The third-order valence-electron chi connectivity index (χ3n) is 4.17. The molecular formula is C15H21N3O. The molecule has 0 aromatic heterocycles. The SMILES string of the molecule is CN(C)C(=O)N1CC2CCCN2C1c1ccccc1. The van der Waals surface area contributed by atoms with Gasteiger partial charge in [-0.3, -0.25) is 4.90 Å². The van der Waals surface area contributed by atoms with Crippen LogP contribution in [0.5, 0.6) is 0 Å². The molecule has 19 heavy (non-hydrogen) atoms. The Morgan fingerprint density at radius 3 is 2.68 bits per heavy atom. The second kappa shape index (κ2) is 4.85. The van der Waals surface area contributed by atoms with E-state index in [4.69, 9.17) is 0 Å². The van der Waals surface area contributed by atoms with Crippen LogP contribution in [0.2, 0.25) is 0 Å². The van der Waals surface area contributed by atoms with Crippen LogP contribution in [0.4, 0.5) is 4.79 Å². The standard InChI is InChI=1S/C15H21N3O/c1-16(2)15(19)18-11-13-9-6-10-17(13)14(18)12-7-4-3-5-8-12/h3-5,7-8,13-14H,6,9-11H2,1-2H3. The first-order valence-corrected chi connectivity index (χ1v) is 6.97. The molecule has 2 fully saturated rings. The Labute approximate surface area is 114 Å². The molecule has 0 aliphatic carbocycles.